The number of hydrogen-bond donors (Lipinski definition) is 2. The fraction of sp³-hybridized carbons (Fsp3) is 0.250. The highest BCUT2D eigenvalue weighted by atomic mass is 35.5. The highest BCUT2D eigenvalue weighted by Gasteiger charge is 2.24. The Kier molecular flexibility index (Phi) is 4.93. The van der Waals surface area contributed by atoms with Gasteiger partial charge in [0.25, 0.3) is 0 Å². The lowest BCUT2D eigenvalue weighted by Gasteiger charge is -2.24. The molecule has 0 aliphatic heterocycles. The van der Waals surface area contributed by atoms with Crippen molar-refractivity contribution in [2.45, 2.75) is 18.9 Å². The van der Waals surface area contributed by atoms with Crippen LogP contribution in [-0.2, 0) is 0 Å². The molecule has 0 fully saturated rings. The van der Waals surface area contributed by atoms with Gasteiger partial charge in [-0.05, 0) is 47.9 Å². The summed E-state index contributed by atoms with van der Waals surface area (Å²) in [5.41, 5.74) is 7.46. The van der Waals surface area contributed by atoms with Gasteiger partial charge in [-0.25, -0.2) is 8.78 Å². The Balaban J connectivity index is 2.40. The lowest BCUT2D eigenvalue weighted by atomic mass is 9.87. The number of halogens is 3. The van der Waals surface area contributed by atoms with E-state index in [9.17, 15) is 13.9 Å². The second-order valence-electron chi connectivity index (χ2n) is 4.99. The third-order valence-electron chi connectivity index (χ3n) is 3.50. The fourth-order valence-corrected chi connectivity index (χ4v) is 2.65. The molecule has 2 aromatic carbocycles. The van der Waals surface area contributed by atoms with Gasteiger partial charge in [-0.15, -0.1) is 0 Å². The van der Waals surface area contributed by atoms with Gasteiger partial charge in [-0.3, -0.25) is 0 Å². The number of nitrogens with two attached hydrogens (primary N) is 1. The Morgan fingerprint density at radius 3 is 2.29 bits per heavy atom. The molecule has 2 nitrogen and oxygen atoms in total. The first-order valence-electron chi connectivity index (χ1n) is 6.52. The monoisotopic (exact) mass is 311 g/mol. The van der Waals surface area contributed by atoms with E-state index in [1.807, 2.05) is 6.92 Å². The predicted molar refractivity (Wildman–Crippen MR) is 79.3 cm³/mol. The number of aryl methyl sites for hydroxylation is 1. The molecule has 0 aromatic heterocycles. The Morgan fingerprint density at radius 2 is 1.76 bits per heavy atom. The average molecular weight is 312 g/mol. The van der Waals surface area contributed by atoms with E-state index >= 15 is 0 Å². The molecule has 0 saturated carbocycles. The van der Waals surface area contributed by atoms with Gasteiger partial charge in [0.2, 0.25) is 0 Å². The summed E-state index contributed by atoms with van der Waals surface area (Å²) in [5.74, 6) is -1.98. The first-order chi connectivity index (χ1) is 9.92. The summed E-state index contributed by atoms with van der Waals surface area (Å²) in [7, 11) is 0. The molecule has 3 N–H and O–H groups in total. The van der Waals surface area contributed by atoms with Crippen molar-refractivity contribution in [3.05, 3.63) is 69.7 Å². The summed E-state index contributed by atoms with van der Waals surface area (Å²) in [5, 5.41) is 11.1. The molecular formula is C16H16ClF2NO. The molecule has 0 spiro atoms. The maximum absolute atomic E-state index is 13.3. The van der Waals surface area contributed by atoms with E-state index in [1.165, 1.54) is 12.1 Å². The van der Waals surface area contributed by atoms with Crippen LogP contribution in [0.2, 0.25) is 5.02 Å². The molecule has 5 heteroatoms. The molecule has 0 amide bonds. The van der Waals surface area contributed by atoms with Crippen molar-refractivity contribution in [1.29, 1.82) is 0 Å². The van der Waals surface area contributed by atoms with Gasteiger partial charge in [-0.2, -0.15) is 0 Å². The molecule has 0 radical (unpaired) electrons. The largest absolute Gasteiger partial charge is 0.388 e. The van der Waals surface area contributed by atoms with E-state index < -0.39 is 23.7 Å². The summed E-state index contributed by atoms with van der Waals surface area (Å²) in [4.78, 5) is 0. The Bertz CT molecular complexity index is 628. The van der Waals surface area contributed by atoms with Crippen molar-refractivity contribution in [3.63, 3.8) is 0 Å². The SMILES string of the molecule is Cc1cc(Cl)ccc1C(O)C(CN)c1cc(F)cc(F)c1. The topological polar surface area (TPSA) is 46.2 Å². The van der Waals surface area contributed by atoms with E-state index in [1.54, 1.807) is 18.2 Å². The van der Waals surface area contributed by atoms with Crippen LogP contribution in [0.4, 0.5) is 8.78 Å². The van der Waals surface area contributed by atoms with E-state index in [0.29, 0.717) is 16.1 Å². The van der Waals surface area contributed by atoms with Gasteiger partial charge < -0.3 is 10.8 Å². The van der Waals surface area contributed by atoms with Gasteiger partial charge in [0.1, 0.15) is 11.6 Å². The molecule has 0 heterocycles. The first-order valence-corrected chi connectivity index (χ1v) is 6.90. The predicted octanol–water partition coefficient (Wildman–Crippen LogP) is 3.70. The van der Waals surface area contributed by atoms with E-state index in [2.05, 4.69) is 0 Å². The smallest absolute Gasteiger partial charge is 0.126 e. The summed E-state index contributed by atoms with van der Waals surface area (Å²) < 4.78 is 26.7. The Hall–Kier alpha value is -1.49. The minimum atomic E-state index is -0.964. The quantitative estimate of drug-likeness (QED) is 0.904. The standard InChI is InChI=1S/C16H16ClF2NO/c1-9-4-11(17)2-3-14(9)16(21)15(8-20)10-5-12(18)7-13(19)6-10/h2-7,15-16,21H,8,20H2,1H3. The lowest BCUT2D eigenvalue weighted by molar-refractivity contribution is 0.146. The lowest BCUT2D eigenvalue weighted by Crippen LogP contribution is -2.21. The van der Waals surface area contributed by atoms with Gasteiger partial charge in [-0.1, -0.05) is 17.7 Å². The van der Waals surface area contributed by atoms with Gasteiger partial charge in [0.05, 0.1) is 6.10 Å². The molecule has 2 atom stereocenters. The Morgan fingerprint density at radius 1 is 1.14 bits per heavy atom. The zero-order valence-electron chi connectivity index (χ0n) is 11.5. The maximum atomic E-state index is 13.3. The third kappa shape index (κ3) is 3.59. The van der Waals surface area contributed by atoms with Crippen molar-refractivity contribution in [2.24, 2.45) is 5.73 Å². The first kappa shape index (κ1) is 15.9. The van der Waals surface area contributed by atoms with Crippen LogP contribution >= 0.6 is 11.6 Å². The average Bonchev–Trinajstić information content (AvgIpc) is 2.38. The minimum Gasteiger partial charge on any atom is -0.388 e. The zero-order chi connectivity index (χ0) is 15.6. The molecule has 2 unspecified atom stereocenters. The molecule has 0 aliphatic rings. The summed E-state index contributed by atoms with van der Waals surface area (Å²) in [6.45, 7) is 1.87. The Labute approximate surface area is 127 Å². The van der Waals surface area contributed by atoms with Crippen molar-refractivity contribution in [2.75, 3.05) is 6.54 Å². The van der Waals surface area contributed by atoms with E-state index in [-0.39, 0.29) is 6.54 Å². The number of rotatable bonds is 4. The van der Waals surface area contributed by atoms with Crippen LogP contribution in [0.1, 0.15) is 28.7 Å². The number of benzene rings is 2. The van der Waals surface area contributed by atoms with Crippen LogP contribution in [0.3, 0.4) is 0 Å². The summed E-state index contributed by atoms with van der Waals surface area (Å²) in [6, 6.07) is 8.24. The normalized spacial score (nSPS) is 14.0. The molecular weight excluding hydrogens is 296 g/mol. The molecule has 2 aromatic rings. The fourth-order valence-electron chi connectivity index (χ4n) is 2.42. The zero-order valence-corrected chi connectivity index (χ0v) is 12.2. The van der Waals surface area contributed by atoms with Gasteiger partial charge in [0.15, 0.2) is 0 Å². The second-order valence-corrected chi connectivity index (χ2v) is 5.43. The van der Waals surface area contributed by atoms with Crippen LogP contribution in [0.5, 0.6) is 0 Å². The summed E-state index contributed by atoms with van der Waals surface area (Å²) in [6.07, 6.45) is -0.964. The molecule has 21 heavy (non-hydrogen) atoms. The van der Waals surface area contributed by atoms with Crippen LogP contribution in [-0.4, -0.2) is 11.7 Å². The van der Waals surface area contributed by atoms with Crippen molar-refractivity contribution >= 4 is 11.6 Å². The number of aliphatic hydroxyl groups excluding tert-OH is 1. The van der Waals surface area contributed by atoms with Crippen molar-refractivity contribution in [1.82, 2.24) is 0 Å². The number of hydrogen-bond acceptors (Lipinski definition) is 2. The molecule has 0 saturated heterocycles. The van der Waals surface area contributed by atoms with Crippen LogP contribution in [0.25, 0.3) is 0 Å². The van der Waals surface area contributed by atoms with Gasteiger partial charge in [0, 0.05) is 23.6 Å². The van der Waals surface area contributed by atoms with Crippen LogP contribution in [0, 0.1) is 18.6 Å². The molecule has 0 aliphatic carbocycles. The minimum absolute atomic E-state index is 0.0616. The maximum Gasteiger partial charge on any atom is 0.126 e. The van der Waals surface area contributed by atoms with Crippen LogP contribution in [0.15, 0.2) is 36.4 Å². The van der Waals surface area contributed by atoms with Crippen molar-refractivity contribution < 1.29 is 13.9 Å². The highest BCUT2D eigenvalue weighted by molar-refractivity contribution is 6.30. The highest BCUT2D eigenvalue weighted by Crippen LogP contribution is 2.33. The molecule has 112 valence electrons. The third-order valence-corrected chi connectivity index (χ3v) is 3.73. The van der Waals surface area contributed by atoms with Gasteiger partial charge >= 0.3 is 0 Å². The van der Waals surface area contributed by atoms with E-state index in [4.69, 9.17) is 17.3 Å². The molecule has 0 bridgehead atoms. The van der Waals surface area contributed by atoms with Crippen molar-refractivity contribution in [3.8, 4) is 0 Å². The van der Waals surface area contributed by atoms with E-state index in [0.717, 1.165) is 11.6 Å². The second kappa shape index (κ2) is 6.52. The summed E-state index contributed by atoms with van der Waals surface area (Å²) >= 11 is 5.89. The molecule has 2 rings (SSSR count). The van der Waals surface area contributed by atoms with Crippen LogP contribution < -0.4 is 5.73 Å². The number of aliphatic hydroxyl groups is 1.